The van der Waals surface area contributed by atoms with E-state index < -0.39 is 0 Å². The summed E-state index contributed by atoms with van der Waals surface area (Å²) in [7, 11) is 1.65. The summed E-state index contributed by atoms with van der Waals surface area (Å²) in [5, 5.41) is 12.9. The second-order valence-electron chi connectivity index (χ2n) is 7.75. The van der Waals surface area contributed by atoms with Crippen LogP contribution in [0.3, 0.4) is 0 Å². The molecule has 0 aromatic heterocycles. The van der Waals surface area contributed by atoms with Gasteiger partial charge in [0.25, 0.3) is 0 Å². The van der Waals surface area contributed by atoms with Crippen LogP contribution in [0.1, 0.15) is 52.5 Å². The van der Waals surface area contributed by atoms with Gasteiger partial charge in [0.2, 0.25) is 0 Å². The largest absolute Gasteiger partial charge is 0.495 e. The topological polar surface area (TPSA) is 45.0 Å². The Morgan fingerprint density at radius 1 is 1.19 bits per heavy atom. The molecule has 0 radical (unpaired) electrons. The minimum atomic E-state index is 0.314. The van der Waals surface area contributed by atoms with Crippen LogP contribution in [0.4, 0.5) is 5.69 Å². The van der Waals surface area contributed by atoms with Crippen LogP contribution in [0.5, 0.6) is 5.75 Å². The molecule has 0 bridgehead atoms. The van der Waals surface area contributed by atoms with E-state index in [-0.39, 0.29) is 0 Å². The van der Waals surface area contributed by atoms with Gasteiger partial charge in [-0.2, -0.15) is 5.26 Å². The van der Waals surface area contributed by atoms with Crippen LogP contribution in [-0.2, 0) is 0 Å². The molecule has 0 spiro atoms. The van der Waals surface area contributed by atoms with Gasteiger partial charge in [0.15, 0.2) is 0 Å². The maximum atomic E-state index is 9.33. The van der Waals surface area contributed by atoms with Gasteiger partial charge in [-0.1, -0.05) is 33.8 Å². The molecule has 0 heterocycles. The smallest absolute Gasteiger partial charge is 0.143 e. The minimum absolute atomic E-state index is 0.314. The van der Waals surface area contributed by atoms with Crippen molar-refractivity contribution >= 4 is 5.69 Å². The second-order valence-corrected chi connectivity index (χ2v) is 7.75. The maximum absolute atomic E-state index is 9.33. The monoisotopic (exact) mass is 286 g/mol. The van der Waals surface area contributed by atoms with Gasteiger partial charge >= 0.3 is 0 Å². The van der Waals surface area contributed by atoms with Gasteiger partial charge in [0.05, 0.1) is 18.4 Å². The summed E-state index contributed by atoms with van der Waals surface area (Å²) in [4.78, 5) is 0. The van der Waals surface area contributed by atoms with Crippen molar-refractivity contribution in [2.75, 3.05) is 12.4 Å². The molecule has 3 heteroatoms. The van der Waals surface area contributed by atoms with Crippen LogP contribution >= 0.6 is 0 Å². The van der Waals surface area contributed by atoms with Gasteiger partial charge in [-0.3, -0.25) is 0 Å². The van der Waals surface area contributed by atoms with E-state index in [9.17, 15) is 5.26 Å². The number of nitriles is 1. The number of hydrogen-bond acceptors (Lipinski definition) is 3. The van der Waals surface area contributed by atoms with Crippen LogP contribution in [0.15, 0.2) is 18.2 Å². The lowest BCUT2D eigenvalue weighted by molar-refractivity contribution is 0.105. The van der Waals surface area contributed by atoms with Crippen LogP contribution in [-0.4, -0.2) is 13.2 Å². The van der Waals surface area contributed by atoms with Crippen molar-refractivity contribution in [2.24, 2.45) is 10.8 Å². The van der Waals surface area contributed by atoms with Crippen molar-refractivity contribution in [1.82, 2.24) is 0 Å². The van der Waals surface area contributed by atoms with Crippen molar-refractivity contribution in [1.29, 1.82) is 5.26 Å². The third-order valence-electron chi connectivity index (χ3n) is 4.27. The van der Waals surface area contributed by atoms with Crippen molar-refractivity contribution in [3.63, 3.8) is 0 Å². The van der Waals surface area contributed by atoms with Crippen molar-refractivity contribution in [3.05, 3.63) is 23.8 Å². The Morgan fingerprint density at radius 3 is 2.33 bits per heavy atom. The van der Waals surface area contributed by atoms with E-state index in [0.29, 0.717) is 22.4 Å². The lowest BCUT2D eigenvalue weighted by Crippen LogP contribution is -2.40. The number of anilines is 1. The molecule has 1 N–H and O–H groups in total. The zero-order chi connectivity index (χ0) is 15.7. The van der Waals surface area contributed by atoms with E-state index >= 15 is 0 Å². The van der Waals surface area contributed by atoms with Crippen molar-refractivity contribution in [2.45, 2.75) is 53.0 Å². The van der Waals surface area contributed by atoms with E-state index in [1.165, 1.54) is 6.42 Å². The Labute approximate surface area is 128 Å². The summed E-state index contributed by atoms with van der Waals surface area (Å²) >= 11 is 0. The number of ether oxygens (including phenoxy) is 1. The molecule has 2 rings (SSSR count). The molecule has 1 aliphatic rings. The molecule has 1 aromatic rings. The molecule has 1 aromatic carbocycles. The molecule has 114 valence electrons. The zero-order valence-corrected chi connectivity index (χ0v) is 13.8. The Kier molecular flexibility index (Phi) is 4.18. The summed E-state index contributed by atoms with van der Waals surface area (Å²) in [6, 6.07) is 8.23. The number of nitrogens with zero attached hydrogens (tertiary/aromatic N) is 1. The van der Waals surface area contributed by atoms with Gasteiger partial charge in [-0.05, 0) is 42.2 Å². The van der Waals surface area contributed by atoms with Gasteiger partial charge in [0.1, 0.15) is 11.8 Å². The van der Waals surface area contributed by atoms with Gasteiger partial charge in [-0.25, -0.2) is 0 Å². The van der Waals surface area contributed by atoms with Crippen LogP contribution < -0.4 is 10.1 Å². The first-order valence-corrected chi connectivity index (χ1v) is 7.60. The molecule has 0 amide bonds. The second kappa shape index (κ2) is 5.60. The lowest BCUT2D eigenvalue weighted by atomic mass is 9.63. The first kappa shape index (κ1) is 15.7. The Bertz CT molecular complexity index is 539. The number of benzene rings is 1. The quantitative estimate of drug-likeness (QED) is 0.884. The average Bonchev–Trinajstić information content (AvgIpc) is 2.35. The highest BCUT2D eigenvalue weighted by Crippen LogP contribution is 2.47. The predicted octanol–water partition coefficient (Wildman–Crippen LogP) is 4.58. The first-order valence-electron chi connectivity index (χ1n) is 7.60. The number of rotatable bonds is 3. The molecule has 0 aliphatic heterocycles. The molecule has 21 heavy (non-hydrogen) atoms. The predicted molar refractivity (Wildman–Crippen MR) is 86.5 cm³/mol. The molecule has 0 unspecified atom stereocenters. The van der Waals surface area contributed by atoms with E-state index in [1.807, 2.05) is 18.2 Å². The molecule has 1 aliphatic carbocycles. The van der Waals surface area contributed by atoms with Gasteiger partial charge < -0.3 is 10.1 Å². The van der Waals surface area contributed by atoms with E-state index in [1.54, 1.807) is 7.11 Å². The molecule has 0 saturated heterocycles. The Morgan fingerprint density at radius 2 is 1.81 bits per heavy atom. The molecular formula is C18H26N2O. The van der Waals surface area contributed by atoms with Crippen LogP contribution in [0.25, 0.3) is 0 Å². The fourth-order valence-electron chi connectivity index (χ4n) is 4.10. The summed E-state index contributed by atoms with van der Waals surface area (Å²) in [6.07, 6.45) is 3.45. The molecule has 3 nitrogen and oxygen atoms in total. The number of hydrogen-bond donors (Lipinski definition) is 1. The molecule has 0 atom stereocenters. The summed E-state index contributed by atoms with van der Waals surface area (Å²) in [6.45, 7) is 9.32. The molecule has 1 fully saturated rings. The first-order chi connectivity index (χ1) is 9.76. The Hall–Kier alpha value is -1.69. The highest BCUT2D eigenvalue weighted by atomic mass is 16.5. The summed E-state index contributed by atoms with van der Waals surface area (Å²) < 4.78 is 5.42. The molecule has 1 saturated carbocycles. The van der Waals surface area contributed by atoms with Gasteiger partial charge in [-0.15, -0.1) is 0 Å². The summed E-state index contributed by atoms with van der Waals surface area (Å²) in [5.41, 5.74) is 2.11. The minimum Gasteiger partial charge on any atom is -0.495 e. The third kappa shape index (κ3) is 3.69. The average molecular weight is 286 g/mol. The fourth-order valence-corrected chi connectivity index (χ4v) is 4.10. The number of nitrogens with one attached hydrogen (secondary N) is 1. The number of para-hydroxylation sites is 1. The highest BCUT2D eigenvalue weighted by Gasteiger charge is 2.38. The normalized spacial score (nSPS) is 20.6. The highest BCUT2D eigenvalue weighted by molar-refractivity contribution is 5.66. The summed E-state index contributed by atoms with van der Waals surface area (Å²) in [5.74, 6) is 0.746. The van der Waals surface area contributed by atoms with Crippen LogP contribution in [0, 0.1) is 22.2 Å². The van der Waals surface area contributed by atoms with E-state index in [0.717, 1.165) is 24.3 Å². The van der Waals surface area contributed by atoms with E-state index in [4.69, 9.17) is 4.74 Å². The maximum Gasteiger partial charge on any atom is 0.143 e. The van der Waals surface area contributed by atoms with Crippen molar-refractivity contribution < 1.29 is 4.74 Å². The number of methoxy groups -OCH3 is 1. The lowest BCUT2D eigenvalue weighted by Gasteiger charge is -2.45. The third-order valence-corrected chi connectivity index (χ3v) is 4.27. The molecular weight excluding hydrogens is 260 g/mol. The van der Waals surface area contributed by atoms with Gasteiger partial charge in [0, 0.05) is 6.04 Å². The van der Waals surface area contributed by atoms with Crippen molar-refractivity contribution in [3.8, 4) is 11.8 Å². The van der Waals surface area contributed by atoms with E-state index in [2.05, 4.69) is 39.1 Å². The van der Waals surface area contributed by atoms with Crippen LogP contribution in [0.2, 0.25) is 0 Å². The Balaban J connectivity index is 2.28. The zero-order valence-electron chi connectivity index (χ0n) is 13.8. The standard InChI is InChI=1S/C18H26N2O/c1-17(2)9-14(10-18(3,4)12-17)20-16-13(11-19)7-6-8-15(16)21-5/h6-8,14,20H,9-10,12H2,1-5H3. The SMILES string of the molecule is COc1cccc(C#N)c1NC1CC(C)(C)CC(C)(C)C1. The fraction of sp³-hybridized carbons (Fsp3) is 0.611.